The summed E-state index contributed by atoms with van der Waals surface area (Å²) in [6, 6.07) is 16.9. The van der Waals surface area contributed by atoms with Crippen molar-refractivity contribution in [1.29, 1.82) is 5.41 Å². The van der Waals surface area contributed by atoms with Crippen LogP contribution in [0, 0.1) is 5.41 Å². The number of benzene rings is 2. The molecule has 3 aromatic rings. The predicted molar refractivity (Wildman–Crippen MR) is 143 cm³/mol. The third-order valence-electron chi connectivity index (χ3n) is 6.12. The minimum absolute atomic E-state index is 0.0344. The first kappa shape index (κ1) is 26.8. The summed E-state index contributed by atoms with van der Waals surface area (Å²) in [6.45, 7) is 0.254. The first-order valence-electron chi connectivity index (χ1n) is 12.0. The highest BCUT2D eigenvalue weighted by Gasteiger charge is 2.39. The van der Waals surface area contributed by atoms with Gasteiger partial charge in [-0.15, -0.1) is 11.3 Å². The van der Waals surface area contributed by atoms with Gasteiger partial charge in [0.2, 0.25) is 11.8 Å². The number of carbonyl (C=O) groups is 3. The number of para-hydroxylation sites is 1. The highest BCUT2D eigenvalue weighted by atomic mass is 32.1. The Labute approximate surface area is 224 Å². The van der Waals surface area contributed by atoms with Gasteiger partial charge in [0.15, 0.2) is 0 Å². The molecular formula is C27H29N5O5S. The van der Waals surface area contributed by atoms with Crippen LogP contribution in [-0.4, -0.2) is 60.8 Å². The van der Waals surface area contributed by atoms with E-state index in [0.717, 1.165) is 4.88 Å². The molecule has 11 heteroatoms. The quantitative estimate of drug-likeness (QED) is 0.232. The molecule has 5 N–H and O–H groups in total. The van der Waals surface area contributed by atoms with Gasteiger partial charge in [0.1, 0.15) is 23.4 Å². The van der Waals surface area contributed by atoms with Crippen LogP contribution in [0.3, 0.4) is 0 Å². The van der Waals surface area contributed by atoms with E-state index in [9.17, 15) is 14.4 Å². The van der Waals surface area contributed by atoms with Gasteiger partial charge in [0.25, 0.3) is 5.91 Å². The van der Waals surface area contributed by atoms with Crippen molar-refractivity contribution in [2.75, 3.05) is 20.2 Å². The Morgan fingerprint density at radius 2 is 1.76 bits per heavy atom. The maximum atomic E-state index is 13.0. The van der Waals surface area contributed by atoms with Crippen molar-refractivity contribution in [1.82, 2.24) is 15.5 Å². The Kier molecular flexibility index (Phi) is 8.72. The standard InChI is InChI=1S/C27H29N5O5S/c1-36-21-12-23(27(35)30-13-22-11-18(16-38-22)25(28)29)32(15-21)24(33)14-31-26(34)17-7-9-20(10-8-17)37-19-5-3-2-4-6-19/h2-11,16,21,23H,12-15H2,1H3,(H3,28,29)(H,30,35)(H,31,34)/t21-,23+/m1/s1. The largest absolute Gasteiger partial charge is 0.457 e. The van der Waals surface area contributed by atoms with Crippen LogP contribution in [0.1, 0.15) is 27.2 Å². The molecule has 0 unspecified atom stereocenters. The molecule has 10 nitrogen and oxygen atoms in total. The summed E-state index contributed by atoms with van der Waals surface area (Å²) in [5, 5.41) is 14.7. The summed E-state index contributed by atoms with van der Waals surface area (Å²) >= 11 is 1.39. The number of nitrogens with zero attached hydrogens (tertiary/aromatic N) is 1. The minimum atomic E-state index is -0.717. The van der Waals surface area contributed by atoms with Crippen molar-refractivity contribution in [3.8, 4) is 11.5 Å². The van der Waals surface area contributed by atoms with E-state index in [0.29, 0.717) is 29.0 Å². The van der Waals surface area contributed by atoms with Gasteiger partial charge >= 0.3 is 0 Å². The topological polar surface area (TPSA) is 147 Å². The smallest absolute Gasteiger partial charge is 0.251 e. The van der Waals surface area contributed by atoms with Crippen LogP contribution >= 0.6 is 11.3 Å². The van der Waals surface area contributed by atoms with Crippen LogP contribution in [-0.2, 0) is 20.9 Å². The van der Waals surface area contributed by atoms with Crippen molar-refractivity contribution < 1.29 is 23.9 Å². The van der Waals surface area contributed by atoms with Crippen LogP contribution in [0.2, 0.25) is 0 Å². The van der Waals surface area contributed by atoms with Gasteiger partial charge in [0, 0.05) is 41.5 Å². The molecule has 2 heterocycles. The molecule has 1 aliphatic rings. The molecule has 1 aromatic heterocycles. The molecule has 0 aliphatic carbocycles. The first-order chi connectivity index (χ1) is 18.3. The SMILES string of the molecule is CO[C@@H]1C[C@@H](C(=O)NCc2cc(C(=N)N)cs2)N(C(=O)CNC(=O)c2ccc(Oc3ccccc3)cc2)C1. The van der Waals surface area contributed by atoms with Crippen LogP contribution < -0.4 is 21.1 Å². The third-order valence-corrected chi connectivity index (χ3v) is 7.05. The lowest BCUT2D eigenvalue weighted by molar-refractivity contribution is -0.137. The van der Waals surface area contributed by atoms with Gasteiger partial charge in [-0.25, -0.2) is 0 Å². The van der Waals surface area contributed by atoms with E-state index >= 15 is 0 Å². The summed E-state index contributed by atoms with van der Waals surface area (Å²) in [5.41, 5.74) is 6.48. The number of methoxy groups -OCH3 is 1. The average molecular weight is 536 g/mol. The van der Waals surface area contributed by atoms with Crippen molar-refractivity contribution in [2.45, 2.75) is 25.1 Å². The summed E-state index contributed by atoms with van der Waals surface area (Å²) in [7, 11) is 1.54. The van der Waals surface area contributed by atoms with Gasteiger partial charge < -0.3 is 30.7 Å². The number of hydrogen-bond donors (Lipinski definition) is 4. The number of likely N-dealkylation sites (tertiary alicyclic amines) is 1. The molecule has 1 aliphatic heterocycles. The summed E-state index contributed by atoms with van der Waals surface area (Å²) < 4.78 is 11.1. The van der Waals surface area contributed by atoms with E-state index in [1.165, 1.54) is 23.3 Å². The first-order valence-corrected chi connectivity index (χ1v) is 12.8. The molecule has 0 radical (unpaired) electrons. The normalized spacial score (nSPS) is 16.6. The number of amidine groups is 1. The van der Waals surface area contributed by atoms with Gasteiger partial charge in [-0.3, -0.25) is 19.8 Å². The third kappa shape index (κ3) is 6.75. The molecule has 0 saturated carbocycles. The van der Waals surface area contributed by atoms with E-state index in [1.807, 2.05) is 30.3 Å². The number of carbonyl (C=O) groups excluding carboxylic acids is 3. The lowest BCUT2D eigenvalue weighted by atomic mass is 10.2. The molecule has 0 spiro atoms. The highest BCUT2D eigenvalue weighted by Crippen LogP contribution is 2.22. The molecule has 0 bridgehead atoms. The van der Waals surface area contributed by atoms with Crippen molar-refractivity contribution >= 4 is 34.9 Å². The maximum absolute atomic E-state index is 13.0. The summed E-state index contributed by atoms with van der Waals surface area (Å²) in [6.07, 6.45) is 0.0715. The van der Waals surface area contributed by atoms with Gasteiger partial charge in [-0.2, -0.15) is 0 Å². The molecule has 2 atom stereocenters. The second kappa shape index (κ2) is 12.3. The number of amides is 3. The lowest BCUT2D eigenvalue weighted by Crippen LogP contribution is -2.48. The van der Waals surface area contributed by atoms with E-state index in [-0.39, 0.29) is 43.4 Å². The Balaban J connectivity index is 1.31. The Morgan fingerprint density at radius 1 is 1.05 bits per heavy atom. The Hall–Kier alpha value is -4.22. The average Bonchev–Trinajstić information content (AvgIpc) is 3.59. The fourth-order valence-corrected chi connectivity index (χ4v) is 4.88. The van der Waals surface area contributed by atoms with Crippen LogP contribution in [0.4, 0.5) is 0 Å². The number of thiophene rings is 1. The molecule has 198 valence electrons. The van der Waals surface area contributed by atoms with Gasteiger partial charge in [-0.1, -0.05) is 18.2 Å². The highest BCUT2D eigenvalue weighted by molar-refractivity contribution is 7.10. The van der Waals surface area contributed by atoms with Crippen molar-refractivity contribution in [2.24, 2.45) is 5.73 Å². The van der Waals surface area contributed by atoms with E-state index in [2.05, 4.69) is 10.6 Å². The van der Waals surface area contributed by atoms with E-state index < -0.39 is 11.9 Å². The van der Waals surface area contributed by atoms with Gasteiger partial charge in [0.05, 0.1) is 19.2 Å². The molecule has 4 rings (SSSR count). The van der Waals surface area contributed by atoms with E-state index in [4.69, 9.17) is 20.6 Å². The van der Waals surface area contributed by atoms with Crippen LogP contribution in [0.25, 0.3) is 0 Å². The van der Waals surface area contributed by atoms with Gasteiger partial charge in [-0.05, 0) is 42.5 Å². The number of nitrogens with one attached hydrogen (secondary N) is 3. The summed E-state index contributed by atoms with van der Waals surface area (Å²) in [4.78, 5) is 40.8. The zero-order valence-electron chi connectivity index (χ0n) is 20.8. The van der Waals surface area contributed by atoms with Crippen molar-refractivity contribution in [3.05, 3.63) is 82.0 Å². The lowest BCUT2D eigenvalue weighted by Gasteiger charge is -2.23. The second-order valence-corrected chi connectivity index (χ2v) is 9.71. The fourth-order valence-electron chi connectivity index (χ4n) is 4.06. The minimum Gasteiger partial charge on any atom is -0.457 e. The van der Waals surface area contributed by atoms with Crippen LogP contribution in [0.15, 0.2) is 66.0 Å². The molecule has 3 amide bonds. The molecule has 2 aromatic carbocycles. The fraction of sp³-hybridized carbons (Fsp3) is 0.259. The monoisotopic (exact) mass is 535 g/mol. The Morgan fingerprint density at radius 3 is 2.42 bits per heavy atom. The molecular weight excluding hydrogens is 506 g/mol. The summed E-state index contributed by atoms with van der Waals surface area (Å²) in [5.74, 6) is 0.137. The molecule has 38 heavy (non-hydrogen) atoms. The molecule has 1 saturated heterocycles. The maximum Gasteiger partial charge on any atom is 0.251 e. The number of nitrogen functional groups attached to an aromatic ring is 1. The van der Waals surface area contributed by atoms with E-state index in [1.54, 1.807) is 35.7 Å². The second-order valence-electron chi connectivity index (χ2n) is 8.71. The van der Waals surface area contributed by atoms with Crippen molar-refractivity contribution in [3.63, 3.8) is 0 Å². The zero-order chi connectivity index (χ0) is 27.1. The Bertz CT molecular complexity index is 1290. The number of ether oxygens (including phenoxy) is 2. The zero-order valence-corrected chi connectivity index (χ0v) is 21.6. The number of nitrogens with two attached hydrogens (primary N) is 1. The predicted octanol–water partition coefficient (Wildman–Crippen LogP) is 2.49. The number of rotatable bonds is 10. The van der Waals surface area contributed by atoms with Crippen LogP contribution in [0.5, 0.6) is 11.5 Å². The number of hydrogen-bond acceptors (Lipinski definition) is 7. The molecule has 1 fully saturated rings.